The molecule has 2 heterocycles. The number of thiazole rings is 1. The Morgan fingerprint density at radius 2 is 2.30 bits per heavy atom. The summed E-state index contributed by atoms with van der Waals surface area (Å²) >= 11 is 7.29. The number of hydrogen-bond acceptors (Lipinski definition) is 5. The molecular weight excluding hydrogens is 294 g/mol. The Labute approximate surface area is 125 Å². The maximum atomic E-state index is 5.81. The highest BCUT2D eigenvalue weighted by molar-refractivity contribution is 7.15. The van der Waals surface area contributed by atoms with E-state index in [-0.39, 0.29) is 0 Å². The highest BCUT2D eigenvalue weighted by Gasteiger charge is 2.06. The van der Waals surface area contributed by atoms with Gasteiger partial charge in [-0.25, -0.2) is 9.97 Å². The van der Waals surface area contributed by atoms with E-state index in [1.807, 2.05) is 18.2 Å². The van der Waals surface area contributed by atoms with Gasteiger partial charge in [0.1, 0.15) is 5.52 Å². The lowest BCUT2D eigenvalue weighted by molar-refractivity contribution is 0.525. The molecule has 1 N–H and O–H groups in total. The largest absolute Gasteiger partial charge is 0.441 e. The van der Waals surface area contributed by atoms with Crippen molar-refractivity contribution in [3.8, 4) is 0 Å². The molecule has 4 nitrogen and oxygen atoms in total. The molecule has 6 heteroatoms. The van der Waals surface area contributed by atoms with Crippen molar-refractivity contribution in [2.75, 3.05) is 5.32 Å². The summed E-state index contributed by atoms with van der Waals surface area (Å²) in [5.74, 6) is 0.800. The predicted octanol–water partition coefficient (Wildman–Crippen LogP) is 4.50. The Morgan fingerprint density at radius 1 is 1.40 bits per heavy atom. The monoisotopic (exact) mass is 307 g/mol. The van der Waals surface area contributed by atoms with Crippen molar-refractivity contribution in [1.82, 2.24) is 9.97 Å². The van der Waals surface area contributed by atoms with Crippen LogP contribution in [0.15, 0.2) is 28.8 Å². The van der Waals surface area contributed by atoms with Gasteiger partial charge >= 0.3 is 0 Å². The number of aryl methyl sites for hydroxylation is 1. The minimum absolute atomic E-state index is 0.568. The second-order valence-electron chi connectivity index (χ2n) is 4.47. The molecular formula is C14H14ClN3OS. The second kappa shape index (κ2) is 5.81. The molecule has 0 atom stereocenters. The van der Waals surface area contributed by atoms with Crippen LogP contribution in [-0.2, 0) is 13.0 Å². The predicted molar refractivity (Wildman–Crippen MR) is 82.5 cm³/mol. The molecule has 0 aliphatic rings. The van der Waals surface area contributed by atoms with Gasteiger partial charge in [0.15, 0.2) is 15.9 Å². The van der Waals surface area contributed by atoms with Crippen molar-refractivity contribution in [3.63, 3.8) is 0 Å². The summed E-state index contributed by atoms with van der Waals surface area (Å²) in [5, 5.41) is 3.34. The lowest BCUT2D eigenvalue weighted by Gasteiger charge is -2.03. The normalized spacial score (nSPS) is 11.1. The highest BCUT2D eigenvalue weighted by atomic mass is 35.5. The van der Waals surface area contributed by atoms with Crippen LogP contribution in [0.2, 0.25) is 4.47 Å². The summed E-state index contributed by atoms with van der Waals surface area (Å²) in [7, 11) is 0. The summed E-state index contributed by atoms with van der Waals surface area (Å²) in [6, 6.07) is 5.94. The minimum atomic E-state index is 0.568. The van der Waals surface area contributed by atoms with Crippen molar-refractivity contribution < 1.29 is 4.42 Å². The molecule has 0 amide bonds. The topological polar surface area (TPSA) is 51.0 Å². The number of benzene rings is 1. The van der Waals surface area contributed by atoms with Crippen molar-refractivity contribution >= 4 is 39.7 Å². The van der Waals surface area contributed by atoms with Crippen molar-refractivity contribution in [3.05, 3.63) is 39.6 Å². The van der Waals surface area contributed by atoms with Crippen LogP contribution < -0.4 is 5.32 Å². The summed E-state index contributed by atoms with van der Waals surface area (Å²) in [4.78, 5) is 9.60. The minimum Gasteiger partial charge on any atom is -0.441 e. The third-order valence-corrected chi connectivity index (χ3v) is 4.00. The Kier molecular flexibility index (Phi) is 3.89. The smallest absolute Gasteiger partial charge is 0.195 e. The van der Waals surface area contributed by atoms with Crippen molar-refractivity contribution in [2.24, 2.45) is 0 Å². The van der Waals surface area contributed by atoms with Gasteiger partial charge in [-0.3, -0.25) is 0 Å². The summed E-state index contributed by atoms with van der Waals surface area (Å²) in [5.41, 5.74) is 2.74. The first-order valence-electron chi connectivity index (χ1n) is 6.48. The van der Waals surface area contributed by atoms with E-state index in [0.717, 1.165) is 40.4 Å². The molecule has 0 spiro atoms. The first kappa shape index (κ1) is 13.4. The zero-order valence-corrected chi connectivity index (χ0v) is 12.6. The number of anilines is 1. The zero-order valence-electron chi connectivity index (χ0n) is 11.0. The lowest BCUT2D eigenvalue weighted by Crippen LogP contribution is -1.96. The van der Waals surface area contributed by atoms with Gasteiger partial charge in [0.05, 0.1) is 6.54 Å². The Bertz CT molecular complexity index is 722. The maximum Gasteiger partial charge on any atom is 0.195 e. The molecule has 0 radical (unpaired) electrons. The van der Waals surface area contributed by atoms with Crippen molar-refractivity contribution in [2.45, 2.75) is 26.3 Å². The van der Waals surface area contributed by atoms with Crippen LogP contribution >= 0.6 is 22.9 Å². The Morgan fingerprint density at radius 3 is 3.05 bits per heavy atom. The van der Waals surface area contributed by atoms with Gasteiger partial charge in [0.25, 0.3) is 0 Å². The first-order chi connectivity index (χ1) is 9.74. The standard InChI is InChI=1S/C14H14ClN3OS/c1-2-3-13-18-11-6-9(4-5-12(11)19-13)16-7-10-8-17-14(15)20-10/h4-6,8,16H,2-3,7H2,1H3. The van der Waals surface area contributed by atoms with Crippen LogP contribution in [0.1, 0.15) is 24.1 Å². The molecule has 0 saturated carbocycles. The van der Waals surface area contributed by atoms with Crippen LogP contribution in [0.3, 0.4) is 0 Å². The molecule has 3 aromatic rings. The van der Waals surface area contributed by atoms with E-state index in [1.165, 1.54) is 11.3 Å². The van der Waals surface area contributed by atoms with E-state index in [2.05, 4.69) is 22.2 Å². The molecule has 20 heavy (non-hydrogen) atoms. The van der Waals surface area contributed by atoms with Gasteiger partial charge in [0.2, 0.25) is 0 Å². The number of oxazole rings is 1. The van der Waals surface area contributed by atoms with Crippen molar-refractivity contribution in [1.29, 1.82) is 0 Å². The third kappa shape index (κ3) is 2.94. The lowest BCUT2D eigenvalue weighted by atomic mass is 10.3. The number of nitrogens with one attached hydrogen (secondary N) is 1. The third-order valence-electron chi connectivity index (χ3n) is 2.89. The molecule has 0 aliphatic heterocycles. The van der Waals surface area contributed by atoms with Crippen LogP contribution in [0.25, 0.3) is 11.1 Å². The average Bonchev–Trinajstić information content (AvgIpc) is 3.02. The summed E-state index contributed by atoms with van der Waals surface area (Å²) in [6.45, 7) is 2.82. The van der Waals surface area contributed by atoms with E-state index in [0.29, 0.717) is 11.0 Å². The Balaban J connectivity index is 1.74. The van der Waals surface area contributed by atoms with Crippen LogP contribution in [0, 0.1) is 0 Å². The number of hydrogen-bond donors (Lipinski definition) is 1. The van der Waals surface area contributed by atoms with E-state index in [1.54, 1.807) is 6.20 Å². The number of fused-ring (bicyclic) bond motifs is 1. The fourth-order valence-electron chi connectivity index (χ4n) is 1.96. The van der Waals surface area contributed by atoms with Crippen LogP contribution in [0.5, 0.6) is 0 Å². The maximum absolute atomic E-state index is 5.81. The average molecular weight is 308 g/mol. The SMILES string of the molecule is CCCc1nc2cc(NCc3cnc(Cl)s3)ccc2o1. The molecule has 3 rings (SSSR count). The van der Waals surface area contributed by atoms with Crippen LogP contribution in [0.4, 0.5) is 5.69 Å². The number of rotatable bonds is 5. The first-order valence-corrected chi connectivity index (χ1v) is 7.67. The van der Waals surface area contributed by atoms with Gasteiger partial charge in [-0.1, -0.05) is 18.5 Å². The van der Waals surface area contributed by atoms with E-state index in [4.69, 9.17) is 16.0 Å². The highest BCUT2D eigenvalue weighted by Crippen LogP contribution is 2.22. The molecule has 2 aromatic heterocycles. The number of halogens is 1. The van der Waals surface area contributed by atoms with E-state index in [9.17, 15) is 0 Å². The van der Waals surface area contributed by atoms with Gasteiger partial charge in [-0.05, 0) is 24.6 Å². The number of aromatic nitrogens is 2. The molecule has 1 aromatic carbocycles. The molecule has 0 fully saturated rings. The van der Waals surface area contributed by atoms with E-state index >= 15 is 0 Å². The van der Waals surface area contributed by atoms with Gasteiger partial charge in [-0.2, -0.15) is 0 Å². The molecule has 0 bridgehead atoms. The Hall–Kier alpha value is -1.59. The van der Waals surface area contributed by atoms with Gasteiger partial charge in [0, 0.05) is 23.2 Å². The van der Waals surface area contributed by atoms with Gasteiger partial charge in [-0.15, -0.1) is 11.3 Å². The van der Waals surface area contributed by atoms with Crippen LogP contribution in [-0.4, -0.2) is 9.97 Å². The molecule has 0 aliphatic carbocycles. The quantitative estimate of drug-likeness (QED) is 0.754. The second-order valence-corrected chi connectivity index (χ2v) is 6.17. The molecule has 0 unspecified atom stereocenters. The summed E-state index contributed by atoms with van der Waals surface area (Å²) in [6.07, 6.45) is 3.69. The van der Waals surface area contributed by atoms with E-state index < -0.39 is 0 Å². The fraction of sp³-hybridized carbons (Fsp3) is 0.286. The molecule has 0 saturated heterocycles. The zero-order chi connectivity index (χ0) is 13.9. The summed E-state index contributed by atoms with van der Waals surface area (Å²) < 4.78 is 6.23. The van der Waals surface area contributed by atoms with Gasteiger partial charge < -0.3 is 9.73 Å². The molecule has 104 valence electrons. The number of nitrogens with zero attached hydrogens (tertiary/aromatic N) is 2. The fourth-order valence-corrected chi connectivity index (χ4v) is 2.88.